The highest BCUT2D eigenvalue weighted by atomic mass is 79.9. The molecule has 1 aliphatic heterocycles. The molecule has 2 rings (SSSR count). The molecular formula is C14H22BrClN2O2S. The van der Waals surface area contributed by atoms with Crippen LogP contribution in [0.3, 0.4) is 0 Å². The van der Waals surface area contributed by atoms with Crippen molar-refractivity contribution in [3.05, 3.63) is 28.2 Å². The Morgan fingerprint density at radius 1 is 1.38 bits per heavy atom. The standard InChI is InChI=1S/C14H21BrN2O2S.ClH/c1-10-9-12(6-7-13(10)15)20(18,19)17-8-4-3-5-14(17)11(2)16;/h6-7,9,11,14H,3-5,8,16H2,1-2H3;1H. The van der Waals surface area contributed by atoms with E-state index in [0.717, 1.165) is 29.3 Å². The van der Waals surface area contributed by atoms with Crippen molar-refractivity contribution in [3.63, 3.8) is 0 Å². The number of nitrogens with two attached hydrogens (primary N) is 1. The molecule has 0 saturated carbocycles. The smallest absolute Gasteiger partial charge is 0.243 e. The Kier molecular flexibility index (Phi) is 6.68. The van der Waals surface area contributed by atoms with Gasteiger partial charge in [-0.05, 0) is 50.5 Å². The zero-order valence-corrected chi connectivity index (χ0v) is 15.5. The average Bonchev–Trinajstić information content (AvgIpc) is 2.41. The second kappa shape index (κ2) is 7.42. The Bertz CT molecular complexity index is 593. The number of halogens is 2. The highest BCUT2D eigenvalue weighted by molar-refractivity contribution is 9.10. The minimum atomic E-state index is -3.46. The number of sulfonamides is 1. The molecule has 2 unspecified atom stereocenters. The fraction of sp³-hybridized carbons (Fsp3) is 0.571. The Balaban J connectivity index is 0.00000220. The Hall–Kier alpha value is -0.140. The third-order valence-electron chi connectivity index (χ3n) is 3.84. The Morgan fingerprint density at radius 3 is 2.62 bits per heavy atom. The van der Waals surface area contributed by atoms with Crippen molar-refractivity contribution in [2.75, 3.05) is 6.54 Å². The van der Waals surface area contributed by atoms with E-state index < -0.39 is 10.0 Å². The van der Waals surface area contributed by atoms with E-state index in [2.05, 4.69) is 15.9 Å². The summed E-state index contributed by atoms with van der Waals surface area (Å²) in [6.07, 6.45) is 2.78. The van der Waals surface area contributed by atoms with Crippen LogP contribution in [0.25, 0.3) is 0 Å². The predicted octanol–water partition coefficient (Wildman–Crippen LogP) is 3.07. The third kappa shape index (κ3) is 3.99. The van der Waals surface area contributed by atoms with E-state index in [1.54, 1.807) is 22.5 Å². The largest absolute Gasteiger partial charge is 0.326 e. The summed E-state index contributed by atoms with van der Waals surface area (Å²) in [5.41, 5.74) is 6.89. The van der Waals surface area contributed by atoms with Crippen LogP contribution in [-0.4, -0.2) is 31.4 Å². The minimum Gasteiger partial charge on any atom is -0.326 e. The molecule has 120 valence electrons. The van der Waals surface area contributed by atoms with Crippen LogP contribution >= 0.6 is 28.3 Å². The quantitative estimate of drug-likeness (QED) is 0.852. The van der Waals surface area contributed by atoms with E-state index in [-0.39, 0.29) is 24.5 Å². The van der Waals surface area contributed by atoms with Gasteiger partial charge >= 0.3 is 0 Å². The summed E-state index contributed by atoms with van der Waals surface area (Å²) in [4.78, 5) is 0.353. The first kappa shape index (κ1) is 18.9. The van der Waals surface area contributed by atoms with Crippen LogP contribution in [0.4, 0.5) is 0 Å². The normalized spacial score (nSPS) is 21.6. The molecular weight excluding hydrogens is 376 g/mol. The fourth-order valence-corrected chi connectivity index (χ4v) is 4.77. The Morgan fingerprint density at radius 2 is 2.05 bits per heavy atom. The van der Waals surface area contributed by atoms with Crippen LogP contribution in [0.2, 0.25) is 0 Å². The van der Waals surface area contributed by atoms with Crippen molar-refractivity contribution in [2.24, 2.45) is 5.73 Å². The second-order valence-corrected chi connectivity index (χ2v) is 8.19. The first-order valence-corrected chi connectivity index (χ1v) is 9.11. The lowest BCUT2D eigenvalue weighted by Gasteiger charge is -2.36. The van der Waals surface area contributed by atoms with Crippen LogP contribution in [-0.2, 0) is 10.0 Å². The van der Waals surface area contributed by atoms with Crippen molar-refractivity contribution >= 4 is 38.4 Å². The zero-order chi connectivity index (χ0) is 14.9. The first-order chi connectivity index (χ1) is 9.34. The molecule has 1 saturated heterocycles. The summed E-state index contributed by atoms with van der Waals surface area (Å²) in [7, 11) is -3.46. The zero-order valence-electron chi connectivity index (χ0n) is 12.3. The maximum Gasteiger partial charge on any atom is 0.243 e. The predicted molar refractivity (Wildman–Crippen MR) is 91.3 cm³/mol. The van der Waals surface area contributed by atoms with Gasteiger partial charge < -0.3 is 5.73 Å². The summed E-state index contributed by atoms with van der Waals surface area (Å²) in [5.74, 6) is 0. The number of nitrogens with zero attached hydrogens (tertiary/aromatic N) is 1. The van der Waals surface area contributed by atoms with Gasteiger partial charge in [0.1, 0.15) is 0 Å². The highest BCUT2D eigenvalue weighted by Crippen LogP contribution is 2.28. The van der Waals surface area contributed by atoms with E-state index in [4.69, 9.17) is 5.73 Å². The van der Waals surface area contributed by atoms with Crippen LogP contribution in [0, 0.1) is 6.92 Å². The SMILES string of the molecule is Cc1cc(S(=O)(=O)N2CCCCC2C(C)N)ccc1Br.Cl. The number of piperidine rings is 1. The van der Waals surface area contributed by atoms with Gasteiger partial charge in [0.15, 0.2) is 0 Å². The second-order valence-electron chi connectivity index (χ2n) is 5.45. The van der Waals surface area contributed by atoms with Crippen molar-refractivity contribution in [1.29, 1.82) is 0 Å². The number of aryl methyl sites for hydroxylation is 1. The molecule has 0 amide bonds. The van der Waals surface area contributed by atoms with Gasteiger partial charge in [-0.15, -0.1) is 12.4 Å². The van der Waals surface area contributed by atoms with Crippen LogP contribution in [0.5, 0.6) is 0 Å². The molecule has 1 aliphatic rings. The number of hydrogen-bond acceptors (Lipinski definition) is 3. The number of rotatable bonds is 3. The molecule has 1 heterocycles. The summed E-state index contributed by atoms with van der Waals surface area (Å²) in [5, 5.41) is 0. The van der Waals surface area contributed by atoms with Crippen molar-refractivity contribution in [2.45, 2.75) is 50.1 Å². The molecule has 2 atom stereocenters. The summed E-state index contributed by atoms with van der Waals surface area (Å²) >= 11 is 3.40. The summed E-state index contributed by atoms with van der Waals surface area (Å²) in [6.45, 7) is 4.33. The monoisotopic (exact) mass is 396 g/mol. The lowest BCUT2D eigenvalue weighted by atomic mass is 10.00. The highest BCUT2D eigenvalue weighted by Gasteiger charge is 2.35. The van der Waals surface area contributed by atoms with Crippen LogP contribution in [0.1, 0.15) is 31.7 Å². The maximum atomic E-state index is 12.8. The van der Waals surface area contributed by atoms with Gasteiger partial charge in [-0.3, -0.25) is 0 Å². The topological polar surface area (TPSA) is 63.4 Å². The molecule has 0 bridgehead atoms. The van der Waals surface area contributed by atoms with Gasteiger partial charge in [-0.25, -0.2) is 8.42 Å². The van der Waals surface area contributed by atoms with E-state index in [1.165, 1.54) is 0 Å². The molecule has 0 aliphatic carbocycles. The van der Waals surface area contributed by atoms with Gasteiger partial charge in [-0.2, -0.15) is 4.31 Å². The average molecular weight is 398 g/mol. The molecule has 7 heteroatoms. The van der Waals surface area contributed by atoms with E-state index in [1.807, 2.05) is 13.8 Å². The van der Waals surface area contributed by atoms with Gasteiger partial charge in [0.25, 0.3) is 0 Å². The summed E-state index contributed by atoms with van der Waals surface area (Å²) in [6, 6.07) is 4.90. The third-order valence-corrected chi connectivity index (χ3v) is 6.65. The van der Waals surface area contributed by atoms with Gasteiger partial charge in [0.2, 0.25) is 10.0 Å². The molecule has 0 radical (unpaired) electrons. The molecule has 0 aromatic heterocycles. The molecule has 2 N–H and O–H groups in total. The van der Waals surface area contributed by atoms with Crippen molar-refractivity contribution in [3.8, 4) is 0 Å². The number of hydrogen-bond donors (Lipinski definition) is 1. The number of benzene rings is 1. The molecule has 1 aromatic rings. The lowest BCUT2D eigenvalue weighted by Crippen LogP contribution is -2.51. The van der Waals surface area contributed by atoms with Crippen molar-refractivity contribution < 1.29 is 8.42 Å². The molecule has 1 aromatic carbocycles. The van der Waals surface area contributed by atoms with E-state index in [0.29, 0.717) is 11.4 Å². The van der Waals surface area contributed by atoms with Crippen molar-refractivity contribution in [1.82, 2.24) is 4.31 Å². The van der Waals surface area contributed by atoms with Crippen LogP contribution < -0.4 is 5.73 Å². The van der Waals surface area contributed by atoms with Gasteiger partial charge in [-0.1, -0.05) is 22.4 Å². The Labute approximate surface area is 141 Å². The lowest BCUT2D eigenvalue weighted by molar-refractivity contribution is 0.227. The van der Waals surface area contributed by atoms with E-state index >= 15 is 0 Å². The van der Waals surface area contributed by atoms with Gasteiger partial charge in [0.05, 0.1) is 4.90 Å². The minimum absolute atomic E-state index is 0. The first-order valence-electron chi connectivity index (χ1n) is 6.87. The fourth-order valence-electron chi connectivity index (χ4n) is 2.67. The summed E-state index contributed by atoms with van der Waals surface area (Å²) < 4.78 is 28.1. The molecule has 1 fully saturated rings. The molecule has 21 heavy (non-hydrogen) atoms. The van der Waals surface area contributed by atoms with E-state index in [9.17, 15) is 8.42 Å². The van der Waals surface area contributed by atoms with Crippen LogP contribution in [0.15, 0.2) is 27.6 Å². The maximum absolute atomic E-state index is 12.8. The molecule has 4 nitrogen and oxygen atoms in total. The van der Waals surface area contributed by atoms with Gasteiger partial charge in [0, 0.05) is 23.1 Å². The molecule has 0 spiro atoms.